The second kappa shape index (κ2) is 6.42. The van der Waals surface area contributed by atoms with Crippen molar-refractivity contribution in [2.24, 2.45) is 5.92 Å². The molecule has 5 nitrogen and oxygen atoms in total. The average Bonchev–Trinajstić information content (AvgIpc) is 3.23. The zero-order chi connectivity index (χ0) is 19.3. The first-order valence-electron chi connectivity index (χ1n) is 9.51. The van der Waals surface area contributed by atoms with Gasteiger partial charge in [0.05, 0.1) is 37.8 Å². The van der Waals surface area contributed by atoms with Gasteiger partial charge in [-0.2, -0.15) is 0 Å². The molecule has 1 aromatic rings. The van der Waals surface area contributed by atoms with Crippen LogP contribution in [0.4, 0.5) is 0 Å². The van der Waals surface area contributed by atoms with Gasteiger partial charge in [-0.05, 0) is 32.4 Å². The van der Waals surface area contributed by atoms with Crippen LogP contribution in [0.5, 0.6) is 0 Å². The molecule has 6 atom stereocenters. The number of benzene rings is 1. The predicted molar refractivity (Wildman–Crippen MR) is 101 cm³/mol. The number of epoxide rings is 1. The fourth-order valence-electron chi connectivity index (χ4n) is 4.62. The van der Waals surface area contributed by atoms with Crippen molar-refractivity contribution in [3.05, 3.63) is 60.0 Å². The van der Waals surface area contributed by atoms with Crippen LogP contribution >= 0.6 is 0 Å². The van der Waals surface area contributed by atoms with Crippen molar-refractivity contribution >= 4 is 0 Å². The predicted octanol–water partition coefficient (Wildman–Crippen LogP) is 3.74. The van der Waals surface area contributed by atoms with E-state index in [1.54, 1.807) is 6.08 Å². The minimum absolute atomic E-state index is 0.0957. The summed E-state index contributed by atoms with van der Waals surface area (Å²) in [6, 6.07) is 10.1. The van der Waals surface area contributed by atoms with Crippen molar-refractivity contribution < 1.29 is 18.9 Å². The number of fused-ring (bicyclic) bond motifs is 1. The van der Waals surface area contributed by atoms with Crippen LogP contribution in [-0.4, -0.2) is 41.8 Å². The van der Waals surface area contributed by atoms with Gasteiger partial charge in [0.25, 0.3) is 5.54 Å². The molecule has 27 heavy (non-hydrogen) atoms. The minimum Gasteiger partial charge on any atom is -0.370 e. The Labute approximate surface area is 161 Å². The maximum absolute atomic E-state index is 7.94. The van der Waals surface area contributed by atoms with E-state index in [-0.39, 0.29) is 24.2 Å². The van der Waals surface area contributed by atoms with Gasteiger partial charge < -0.3 is 23.8 Å². The molecule has 2 aliphatic heterocycles. The van der Waals surface area contributed by atoms with Crippen LogP contribution < -0.4 is 0 Å². The van der Waals surface area contributed by atoms with Crippen molar-refractivity contribution in [3.63, 3.8) is 0 Å². The van der Waals surface area contributed by atoms with E-state index in [1.165, 1.54) is 0 Å². The molecule has 0 bridgehead atoms. The molecule has 144 valence electrons. The SMILES string of the molecule is [C-]#[N+][C@@]1(C=C)C[C@H](OCc2ccccc2)[C@@]2(C)O[C@H]2C1[C@H]1COC(C)(C)O1. The first-order chi connectivity index (χ1) is 12.8. The van der Waals surface area contributed by atoms with E-state index in [9.17, 15) is 0 Å². The van der Waals surface area contributed by atoms with E-state index in [1.807, 2.05) is 44.2 Å². The lowest BCUT2D eigenvalue weighted by atomic mass is 9.66. The third kappa shape index (κ3) is 3.11. The highest BCUT2D eigenvalue weighted by molar-refractivity contribution is 5.30. The zero-order valence-corrected chi connectivity index (χ0v) is 16.2. The first kappa shape index (κ1) is 18.6. The highest BCUT2D eigenvalue weighted by atomic mass is 16.7. The van der Waals surface area contributed by atoms with Gasteiger partial charge in [-0.1, -0.05) is 36.9 Å². The van der Waals surface area contributed by atoms with E-state index in [0.29, 0.717) is 19.6 Å². The fraction of sp³-hybridized carbons (Fsp3) is 0.591. The van der Waals surface area contributed by atoms with Gasteiger partial charge in [-0.3, -0.25) is 0 Å². The molecule has 1 aliphatic carbocycles. The Morgan fingerprint density at radius 3 is 2.59 bits per heavy atom. The standard InChI is InChI=1S/C22H27NO4/c1-6-22(23-5)12-17(24-13-15-10-8-7-9-11-15)21(4)19(27-21)18(22)16-14-25-20(2,3)26-16/h6-11,16-19H,1,12-14H2,2-4H3/t16-,17+,18?,19+,21-,22+/m1/s1. The molecule has 0 amide bonds. The lowest BCUT2D eigenvalue weighted by Crippen LogP contribution is -2.55. The van der Waals surface area contributed by atoms with Crippen LogP contribution in [-0.2, 0) is 25.6 Å². The van der Waals surface area contributed by atoms with E-state index in [4.69, 9.17) is 25.5 Å². The molecule has 2 saturated heterocycles. The highest BCUT2D eigenvalue weighted by Crippen LogP contribution is 2.59. The Kier molecular flexibility index (Phi) is 4.44. The van der Waals surface area contributed by atoms with Crippen LogP contribution in [0, 0.1) is 12.5 Å². The van der Waals surface area contributed by atoms with Gasteiger partial charge in [0.2, 0.25) is 0 Å². The maximum Gasteiger partial charge on any atom is 0.261 e. The fourth-order valence-corrected chi connectivity index (χ4v) is 4.62. The van der Waals surface area contributed by atoms with Crippen LogP contribution in [0.1, 0.15) is 32.8 Å². The molecule has 5 heteroatoms. The molecule has 1 unspecified atom stereocenters. The molecule has 0 aromatic heterocycles. The van der Waals surface area contributed by atoms with Crippen molar-refractivity contribution in [1.82, 2.24) is 0 Å². The molecule has 4 rings (SSSR count). The molecule has 3 aliphatic rings. The van der Waals surface area contributed by atoms with Crippen LogP contribution in [0.3, 0.4) is 0 Å². The molecular formula is C22H27NO4. The molecule has 1 saturated carbocycles. The van der Waals surface area contributed by atoms with E-state index in [0.717, 1.165) is 5.56 Å². The van der Waals surface area contributed by atoms with Crippen LogP contribution in [0.15, 0.2) is 43.0 Å². The summed E-state index contributed by atoms with van der Waals surface area (Å²) in [6.07, 6.45) is 1.86. The number of ether oxygens (including phenoxy) is 4. The molecule has 0 radical (unpaired) electrons. The summed E-state index contributed by atoms with van der Waals surface area (Å²) in [5.41, 5.74) is -0.0647. The summed E-state index contributed by atoms with van der Waals surface area (Å²) in [5, 5.41) is 0. The lowest BCUT2D eigenvalue weighted by molar-refractivity contribution is -0.149. The van der Waals surface area contributed by atoms with Gasteiger partial charge in [-0.15, -0.1) is 0 Å². The smallest absolute Gasteiger partial charge is 0.261 e. The third-order valence-electron chi connectivity index (χ3n) is 6.23. The lowest BCUT2D eigenvalue weighted by Gasteiger charge is -2.39. The molecule has 0 N–H and O–H groups in total. The maximum atomic E-state index is 7.94. The van der Waals surface area contributed by atoms with Crippen molar-refractivity contribution in [2.75, 3.05) is 6.61 Å². The Morgan fingerprint density at radius 1 is 1.26 bits per heavy atom. The number of hydrogen-bond acceptors (Lipinski definition) is 4. The van der Waals surface area contributed by atoms with Crippen molar-refractivity contribution in [1.29, 1.82) is 0 Å². The van der Waals surface area contributed by atoms with E-state index >= 15 is 0 Å². The normalized spacial score (nSPS) is 42.1. The Balaban J connectivity index is 1.56. The van der Waals surface area contributed by atoms with Gasteiger partial charge in [-0.25, -0.2) is 6.57 Å². The number of nitrogens with zero attached hydrogens (tertiary/aromatic N) is 1. The zero-order valence-electron chi connectivity index (χ0n) is 16.2. The van der Waals surface area contributed by atoms with Gasteiger partial charge >= 0.3 is 0 Å². The van der Waals surface area contributed by atoms with Gasteiger partial charge in [0.15, 0.2) is 5.79 Å². The molecule has 1 aromatic carbocycles. The second-order valence-corrected chi connectivity index (χ2v) is 8.41. The van der Waals surface area contributed by atoms with Crippen LogP contribution in [0.25, 0.3) is 4.85 Å². The Bertz CT molecular complexity index is 757. The summed E-state index contributed by atoms with van der Waals surface area (Å²) < 4.78 is 24.3. The average molecular weight is 369 g/mol. The van der Waals surface area contributed by atoms with Crippen molar-refractivity contribution in [3.8, 4) is 0 Å². The van der Waals surface area contributed by atoms with Crippen molar-refractivity contribution in [2.45, 2.75) is 69.0 Å². The monoisotopic (exact) mass is 369 g/mol. The van der Waals surface area contributed by atoms with E-state index in [2.05, 4.69) is 18.3 Å². The summed E-state index contributed by atoms with van der Waals surface area (Å²) in [5.74, 6) is -0.748. The molecule has 0 spiro atoms. The summed E-state index contributed by atoms with van der Waals surface area (Å²) in [4.78, 5) is 4.02. The largest absolute Gasteiger partial charge is 0.370 e. The topological polar surface area (TPSA) is 44.6 Å². The Morgan fingerprint density at radius 2 is 2.00 bits per heavy atom. The quantitative estimate of drug-likeness (QED) is 0.451. The van der Waals surface area contributed by atoms with E-state index < -0.39 is 16.9 Å². The summed E-state index contributed by atoms with van der Waals surface area (Å²) >= 11 is 0. The Hall–Kier alpha value is -1.71. The molecular weight excluding hydrogens is 342 g/mol. The molecule has 3 fully saturated rings. The first-order valence-corrected chi connectivity index (χ1v) is 9.51. The second-order valence-electron chi connectivity index (χ2n) is 8.41. The summed E-state index contributed by atoms with van der Waals surface area (Å²) in [6.45, 7) is 18.8. The number of hydrogen-bond donors (Lipinski definition) is 0. The van der Waals surface area contributed by atoms with Gasteiger partial charge in [0, 0.05) is 0 Å². The minimum atomic E-state index is -0.781. The summed E-state index contributed by atoms with van der Waals surface area (Å²) in [7, 11) is 0. The highest BCUT2D eigenvalue weighted by Gasteiger charge is 2.75. The number of rotatable bonds is 5. The molecule has 2 heterocycles. The van der Waals surface area contributed by atoms with Gasteiger partial charge in [0.1, 0.15) is 11.7 Å². The third-order valence-corrected chi connectivity index (χ3v) is 6.23. The van der Waals surface area contributed by atoms with Crippen LogP contribution in [0.2, 0.25) is 0 Å².